The quantitative estimate of drug-likeness (QED) is 0.229. The molecule has 0 saturated heterocycles. The molecule has 1 aliphatic heterocycles. The highest BCUT2D eigenvalue weighted by atomic mass is 127. The molecule has 0 aliphatic carbocycles. The number of halogens is 2. The third kappa shape index (κ3) is 18.5. The topological polar surface area (TPSA) is 7.76 Å². The van der Waals surface area contributed by atoms with Crippen molar-refractivity contribution in [3.63, 3.8) is 0 Å². The molecule has 1 aliphatic rings. The van der Waals surface area contributed by atoms with Crippen molar-refractivity contribution in [3.8, 4) is 0 Å². The van der Waals surface area contributed by atoms with Crippen molar-refractivity contribution in [1.82, 2.24) is 0 Å². The lowest BCUT2D eigenvalue weighted by atomic mass is 10.0. The second-order valence-corrected chi connectivity index (χ2v) is 11.8. The summed E-state index contributed by atoms with van der Waals surface area (Å²) < 4.78 is 4.85. The lowest BCUT2D eigenvalue weighted by molar-refractivity contribution is -0.697. The SMILES string of the molecule is C1=C/CCCCCC[n+]2cccc(c2)CCCCCCCCCCCC[n+]2cccc(c2)CCCCCC/1.[Cl-].[I-]. The first-order chi connectivity index (χ1) is 18.9. The van der Waals surface area contributed by atoms with Crippen LogP contribution in [0.5, 0.6) is 0 Å². The highest BCUT2D eigenvalue weighted by molar-refractivity contribution is 5.05. The number of aromatic nitrogens is 2. The normalized spacial score (nSPS) is 19.4. The minimum Gasteiger partial charge on any atom is -1.00 e. The molecule has 0 saturated carbocycles. The van der Waals surface area contributed by atoms with Crippen LogP contribution in [0.3, 0.4) is 0 Å². The van der Waals surface area contributed by atoms with E-state index in [4.69, 9.17) is 0 Å². The van der Waals surface area contributed by atoms with Gasteiger partial charge in [-0.1, -0.05) is 76.4 Å². The molecule has 0 N–H and O–H groups in total. The largest absolute Gasteiger partial charge is 1.00 e. The van der Waals surface area contributed by atoms with E-state index in [1.165, 1.54) is 165 Å². The molecule has 0 aromatic carbocycles. The second-order valence-electron chi connectivity index (χ2n) is 11.8. The van der Waals surface area contributed by atoms with Gasteiger partial charge in [0.15, 0.2) is 24.8 Å². The molecule has 0 radical (unpaired) electrons. The second kappa shape index (κ2) is 25.7. The van der Waals surface area contributed by atoms with Crippen molar-refractivity contribution < 1.29 is 45.5 Å². The van der Waals surface area contributed by atoms with Crippen LogP contribution in [0.15, 0.2) is 61.2 Å². The maximum atomic E-state index is 2.43. The van der Waals surface area contributed by atoms with Crippen molar-refractivity contribution in [2.24, 2.45) is 0 Å². The van der Waals surface area contributed by atoms with Crippen LogP contribution in [0, 0.1) is 0 Å². The lowest BCUT2D eigenvalue weighted by Gasteiger charge is -2.04. The summed E-state index contributed by atoms with van der Waals surface area (Å²) >= 11 is 0. The summed E-state index contributed by atoms with van der Waals surface area (Å²) in [6.07, 6.45) is 43.9. The molecule has 0 fully saturated rings. The van der Waals surface area contributed by atoms with Gasteiger partial charge in [-0.2, -0.15) is 0 Å². The van der Waals surface area contributed by atoms with Gasteiger partial charge in [-0.3, -0.25) is 0 Å². The third-order valence-corrected chi connectivity index (χ3v) is 8.26. The third-order valence-electron chi connectivity index (χ3n) is 8.26. The highest BCUT2D eigenvalue weighted by Gasteiger charge is 2.05. The average Bonchev–Trinajstić information content (AvgIpc) is 2.94. The number of allylic oxidation sites excluding steroid dienone is 2. The zero-order valence-corrected chi connectivity index (χ0v) is 28.3. The van der Waals surface area contributed by atoms with Crippen LogP contribution in [0.25, 0.3) is 0 Å². The van der Waals surface area contributed by atoms with Gasteiger partial charge in [-0.15, -0.1) is 0 Å². The fraction of sp³-hybridized carbons (Fsp3) is 0.667. The molecule has 40 heavy (non-hydrogen) atoms. The van der Waals surface area contributed by atoms with Crippen LogP contribution in [0.4, 0.5) is 0 Å². The first-order valence-corrected chi connectivity index (χ1v) is 16.5. The van der Waals surface area contributed by atoms with Crippen LogP contribution in [0.1, 0.15) is 140 Å². The highest BCUT2D eigenvalue weighted by Crippen LogP contribution is 2.13. The Hall–Kier alpha value is -0.940. The molecule has 0 amide bonds. The molecule has 4 bridgehead atoms. The molecule has 0 unspecified atom stereocenters. The number of hydrogen-bond acceptors (Lipinski definition) is 0. The van der Waals surface area contributed by atoms with Gasteiger partial charge in [0, 0.05) is 36.1 Å². The van der Waals surface area contributed by atoms with Gasteiger partial charge in [-0.05, 0) is 76.3 Å². The molecule has 0 spiro atoms. The molecule has 226 valence electrons. The maximum Gasteiger partial charge on any atom is 0.171 e. The van der Waals surface area contributed by atoms with E-state index in [9.17, 15) is 0 Å². The number of nitrogens with zero attached hydrogens (tertiary/aromatic N) is 2. The molecule has 4 heteroatoms. The van der Waals surface area contributed by atoms with Crippen molar-refractivity contribution in [1.29, 1.82) is 0 Å². The number of aryl methyl sites for hydroxylation is 4. The van der Waals surface area contributed by atoms with Crippen LogP contribution >= 0.6 is 0 Å². The van der Waals surface area contributed by atoms with Gasteiger partial charge in [0.25, 0.3) is 0 Å². The molecule has 2 aromatic heterocycles. The van der Waals surface area contributed by atoms with Crippen LogP contribution in [0.2, 0.25) is 0 Å². The van der Waals surface area contributed by atoms with Crippen molar-refractivity contribution in [3.05, 3.63) is 72.3 Å². The zero-order chi connectivity index (χ0) is 26.4. The fourth-order valence-electron chi connectivity index (χ4n) is 5.85. The maximum absolute atomic E-state index is 2.43. The first kappa shape index (κ1) is 37.1. The Labute approximate surface area is 270 Å². The van der Waals surface area contributed by atoms with E-state index in [1.807, 2.05) is 0 Å². The Bertz CT molecular complexity index is 813. The van der Waals surface area contributed by atoms with Gasteiger partial charge in [0.05, 0.1) is 0 Å². The van der Waals surface area contributed by atoms with Crippen LogP contribution in [-0.2, 0) is 25.9 Å². The molecule has 2 aromatic rings. The van der Waals surface area contributed by atoms with Crippen molar-refractivity contribution in [2.75, 3.05) is 0 Å². The summed E-state index contributed by atoms with van der Waals surface area (Å²) in [7, 11) is 0. The van der Waals surface area contributed by atoms with Gasteiger partial charge in [0.2, 0.25) is 0 Å². The summed E-state index contributed by atoms with van der Waals surface area (Å²) in [5.74, 6) is 0. The molecule has 3 heterocycles. The monoisotopic (exact) mass is 680 g/mol. The molecular weight excluding hydrogens is 623 g/mol. The first-order valence-electron chi connectivity index (χ1n) is 16.5. The summed E-state index contributed by atoms with van der Waals surface area (Å²) in [4.78, 5) is 0. The number of hydrogen-bond donors (Lipinski definition) is 0. The lowest BCUT2D eigenvalue weighted by Crippen LogP contribution is -3.00. The van der Waals surface area contributed by atoms with Crippen molar-refractivity contribution in [2.45, 2.75) is 154 Å². The van der Waals surface area contributed by atoms with E-state index in [0.717, 1.165) is 0 Å². The average molecular weight is 681 g/mol. The Morgan fingerprint density at radius 1 is 0.425 bits per heavy atom. The zero-order valence-electron chi connectivity index (χ0n) is 25.4. The number of fused-ring (bicyclic) bond motifs is 4. The minimum atomic E-state index is 0. The van der Waals surface area contributed by atoms with Crippen LogP contribution in [-0.4, -0.2) is 0 Å². The molecule has 0 atom stereocenters. The van der Waals surface area contributed by atoms with Crippen LogP contribution < -0.4 is 45.5 Å². The Kier molecular flexibility index (Phi) is 23.9. The molecular formula is C36H58ClIN2. The summed E-state index contributed by atoms with van der Waals surface area (Å²) in [6.45, 7) is 2.36. The molecule has 2 nitrogen and oxygen atoms in total. The van der Waals surface area contributed by atoms with E-state index in [1.54, 1.807) is 0 Å². The summed E-state index contributed by atoms with van der Waals surface area (Å²) in [6, 6.07) is 9.15. The predicted octanol–water partition coefficient (Wildman–Crippen LogP) is 3.43. The smallest absolute Gasteiger partial charge is 0.171 e. The Morgan fingerprint density at radius 3 is 1.20 bits per heavy atom. The Morgan fingerprint density at radius 2 is 0.775 bits per heavy atom. The fourth-order valence-corrected chi connectivity index (χ4v) is 5.85. The van der Waals surface area contributed by atoms with E-state index in [0.29, 0.717) is 0 Å². The van der Waals surface area contributed by atoms with E-state index < -0.39 is 0 Å². The standard InChI is InChI=1S/C36H58N2.ClH.HI/c1-2-5-9-13-17-21-29-37-31-24-28-36(34-37)26-20-16-12-8-4-6-10-14-18-22-30-38-32-23-27-35(33-38)25-19-15-11-7-3-1;;/h1-2,23-24,27-28,31-34H,3-22,25-26,29-30H2;2*1H/q+2;;/p-2/b2-1+;;. The number of rotatable bonds is 0. The summed E-state index contributed by atoms with van der Waals surface area (Å²) in [5, 5.41) is 0. The number of pyridine rings is 2. The van der Waals surface area contributed by atoms with E-state index in [-0.39, 0.29) is 36.4 Å². The predicted molar refractivity (Wildman–Crippen MR) is 162 cm³/mol. The van der Waals surface area contributed by atoms with Gasteiger partial charge in [0.1, 0.15) is 13.1 Å². The van der Waals surface area contributed by atoms with Gasteiger partial charge < -0.3 is 36.4 Å². The van der Waals surface area contributed by atoms with Gasteiger partial charge in [-0.25, -0.2) is 9.13 Å². The van der Waals surface area contributed by atoms with Gasteiger partial charge >= 0.3 is 0 Å². The van der Waals surface area contributed by atoms with Crippen molar-refractivity contribution >= 4 is 0 Å². The Balaban J connectivity index is 0.00000400. The summed E-state index contributed by atoms with van der Waals surface area (Å²) in [5.41, 5.74) is 3.04. The minimum absolute atomic E-state index is 0. The molecule has 3 rings (SSSR count). The van der Waals surface area contributed by atoms with E-state index in [2.05, 4.69) is 70.3 Å². The van der Waals surface area contributed by atoms with E-state index >= 15 is 0 Å².